The van der Waals surface area contributed by atoms with E-state index in [0.717, 1.165) is 13.0 Å². The van der Waals surface area contributed by atoms with Gasteiger partial charge in [0.25, 0.3) is 0 Å². The number of hydrazine groups is 1. The van der Waals surface area contributed by atoms with Crippen LogP contribution in [-0.4, -0.2) is 41.3 Å². The smallest absolute Gasteiger partial charge is 0.424 e. The van der Waals surface area contributed by atoms with Crippen LogP contribution in [0.15, 0.2) is 30.3 Å². The van der Waals surface area contributed by atoms with E-state index >= 15 is 0 Å². The SMILES string of the molecule is CCCCCCCCCCC1CC(CCC)CN1N1C(=O)OCC1Cc1ccccc1. The van der Waals surface area contributed by atoms with Crippen LogP contribution in [0.5, 0.6) is 0 Å². The Labute approximate surface area is 190 Å². The zero-order valence-corrected chi connectivity index (χ0v) is 19.9. The van der Waals surface area contributed by atoms with Gasteiger partial charge in [0.1, 0.15) is 6.61 Å². The summed E-state index contributed by atoms with van der Waals surface area (Å²) in [5.74, 6) is 0.704. The van der Waals surface area contributed by atoms with Crippen LogP contribution in [0.4, 0.5) is 4.79 Å². The Morgan fingerprint density at radius 2 is 1.58 bits per heavy atom. The normalized spacial score (nSPS) is 24.1. The molecular weight excluding hydrogens is 384 g/mol. The minimum absolute atomic E-state index is 0.122. The second-order valence-corrected chi connectivity index (χ2v) is 9.69. The number of hydrogen-bond acceptors (Lipinski definition) is 3. The molecule has 0 radical (unpaired) electrons. The molecule has 1 aromatic rings. The van der Waals surface area contributed by atoms with Crippen molar-refractivity contribution in [2.75, 3.05) is 13.2 Å². The molecule has 0 N–H and O–H groups in total. The topological polar surface area (TPSA) is 32.8 Å². The summed E-state index contributed by atoms with van der Waals surface area (Å²) in [6.07, 6.45) is 16.5. The first-order chi connectivity index (χ1) is 15.2. The van der Waals surface area contributed by atoms with Gasteiger partial charge in [-0.25, -0.2) is 14.8 Å². The third-order valence-electron chi connectivity index (χ3n) is 7.08. The third-order valence-corrected chi connectivity index (χ3v) is 7.08. The molecule has 0 saturated carbocycles. The predicted molar refractivity (Wildman–Crippen MR) is 128 cm³/mol. The Bertz CT molecular complexity index is 635. The highest BCUT2D eigenvalue weighted by atomic mass is 16.6. The fourth-order valence-corrected chi connectivity index (χ4v) is 5.46. The molecule has 2 heterocycles. The molecule has 174 valence electrons. The van der Waals surface area contributed by atoms with Gasteiger partial charge in [0.15, 0.2) is 0 Å². The van der Waals surface area contributed by atoms with Gasteiger partial charge in [0.05, 0.1) is 6.04 Å². The molecule has 4 heteroatoms. The van der Waals surface area contributed by atoms with Gasteiger partial charge in [-0.05, 0) is 37.2 Å². The lowest BCUT2D eigenvalue weighted by Crippen LogP contribution is -2.51. The van der Waals surface area contributed by atoms with E-state index in [4.69, 9.17) is 4.74 Å². The summed E-state index contributed by atoms with van der Waals surface area (Å²) >= 11 is 0. The summed E-state index contributed by atoms with van der Waals surface area (Å²) < 4.78 is 5.54. The average molecular weight is 429 g/mol. The lowest BCUT2D eigenvalue weighted by Gasteiger charge is -2.35. The maximum atomic E-state index is 12.7. The molecule has 1 amide bonds. The third kappa shape index (κ3) is 7.24. The minimum atomic E-state index is -0.140. The molecule has 2 fully saturated rings. The monoisotopic (exact) mass is 428 g/mol. The van der Waals surface area contributed by atoms with Crippen LogP contribution in [0, 0.1) is 5.92 Å². The number of carbonyl (C=O) groups is 1. The Morgan fingerprint density at radius 1 is 0.871 bits per heavy atom. The molecule has 31 heavy (non-hydrogen) atoms. The second kappa shape index (κ2) is 13.1. The summed E-state index contributed by atoms with van der Waals surface area (Å²) in [5.41, 5.74) is 1.28. The van der Waals surface area contributed by atoms with Crippen LogP contribution in [0.3, 0.4) is 0 Å². The molecule has 0 aliphatic carbocycles. The number of cyclic esters (lactones) is 1. The van der Waals surface area contributed by atoms with E-state index in [-0.39, 0.29) is 12.1 Å². The first kappa shape index (κ1) is 24.1. The summed E-state index contributed by atoms with van der Waals surface area (Å²) in [6.45, 7) is 6.07. The first-order valence-corrected chi connectivity index (χ1v) is 13.0. The molecule has 3 unspecified atom stereocenters. The molecule has 2 aliphatic heterocycles. The quantitative estimate of drug-likeness (QED) is 0.299. The van der Waals surface area contributed by atoms with E-state index in [1.54, 1.807) is 0 Å². The number of unbranched alkanes of at least 4 members (excludes halogenated alkanes) is 7. The van der Waals surface area contributed by atoms with Crippen molar-refractivity contribution < 1.29 is 9.53 Å². The van der Waals surface area contributed by atoms with Gasteiger partial charge in [-0.15, -0.1) is 0 Å². The summed E-state index contributed by atoms with van der Waals surface area (Å²) in [6, 6.07) is 11.1. The van der Waals surface area contributed by atoms with Gasteiger partial charge >= 0.3 is 6.09 Å². The highest BCUT2D eigenvalue weighted by molar-refractivity contribution is 5.69. The van der Waals surface area contributed by atoms with Crippen molar-refractivity contribution in [3.05, 3.63) is 35.9 Å². The van der Waals surface area contributed by atoms with E-state index < -0.39 is 0 Å². The largest absolute Gasteiger partial charge is 0.446 e. The zero-order chi connectivity index (χ0) is 21.9. The van der Waals surface area contributed by atoms with Gasteiger partial charge in [-0.2, -0.15) is 0 Å². The molecule has 2 saturated heterocycles. The molecule has 3 rings (SSSR count). The molecule has 0 aromatic heterocycles. The van der Waals surface area contributed by atoms with Gasteiger partial charge in [-0.3, -0.25) is 0 Å². The fourth-order valence-electron chi connectivity index (χ4n) is 5.46. The standard InChI is InChI=1S/C27H44N2O2/c1-3-5-6-7-8-9-10-14-18-25-20-24(15-4-2)21-28(25)29-26(22-31-27(29)30)19-23-16-12-11-13-17-23/h11-13,16-17,24-26H,3-10,14-15,18-22H2,1-2H3. The lowest BCUT2D eigenvalue weighted by molar-refractivity contribution is -0.0179. The van der Waals surface area contributed by atoms with Crippen LogP contribution in [0.1, 0.15) is 96.5 Å². The molecular formula is C27H44N2O2. The fraction of sp³-hybridized carbons (Fsp3) is 0.741. The highest BCUT2D eigenvalue weighted by Crippen LogP contribution is 2.34. The van der Waals surface area contributed by atoms with Crippen molar-refractivity contribution in [1.29, 1.82) is 0 Å². The molecule has 0 bridgehead atoms. The number of nitrogens with zero attached hydrogens (tertiary/aromatic N) is 2. The van der Waals surface area contributed by atoms with Crippen LogP contribution in [0.25, 0.3) is 0 Å². The maximum Gasteiger partial charge on any atom is 0.424 e. The Hall–Kier alpha value is -1.55. The molecule has 0 spiro atoms. The predicted octanol–water partition coefficient (Wildman–Crippen LogP) is 6.99. The van der Waals surface area contributed by atoms with Crippen molar-refractivity contribution in [1.82, 2.24) is 10.0 Å². The van der Waals surface area contributed by atoms with Crippen LogP contribution < -0.4 is 0 Å². The van der Waals surface area contributed by atoms with Gasteiger partial charge in [-0.1, -0.05) is 102 Å². The minimum Gasteiger partial charge on any atom is -0.446 e. The Morgan fingerprint density at radius 3 is 2.29 bits per heavy atom. The molecule has 2 aliphatic rings. The zero-order valence-electron chi connectivity index (χ0n) is 19.9. The Kier molecular flexibility index (Phi) is 10.2. The molecule has 4 nitrogen and oxygen atoms in total. The van der Waals surface area contributed by atoms with Crippen LogP contribution in [0.2, 0.25) is 0 Å². The second-order valence-electron chi connectivity index (χ2n) is 9.69. The number of carbonyl (C=O) groups excluding carboxylic acids is 1. The Balaban J connectivity index is 1.54. The van der Waals surface area contributed by atoms with Gasteiger partial charge in [0, 0.05) is 12.6 Å². The first-order valence-electron chi connectivity index (χ1n) is 13.0. The van der Waals surface area contributed by atoms with E-state index in [1.807, 2.05) is 11.1 Å². The number of rotatable bonds is 14. The van der Waals surface area contributed by atoms with E-state index in [0.29, 0.717) is 18.6 Å². The van der Waals surface area contributed by atoms with Crippen molar-refractivity contribution >= 4 is 6.09 Å². The van der Waals surface area contributed by atoms with E-state index in [2.05, 4.69) is 43.1 Å². The van der Waals surface area contributed by atoms with Crippen molar-refractivity contribution in [2.24, 2.45) is 5.92 Å². The highest BCUT2D eigenvalue weighted by Gasteiger charge is 2.44. The average Bonchev–Trinajstić information content (AvgIpc) is 3.33. The van der Waals surface area contributed by atoms with Crippen molar-refractivity contribution in [2.45, 2.75) is 109 Å². The van der Waals surface area contributed by atoms with E-state index in [1.165, 1.54) is 82.6 Å². The lowest BCUT2D eigenvalue weighted by atomic mass is 9.97. The maximum absolute atomic E-state index is 12.7. The van der Waals surface area contributed by atoms with E-state index in [9.17, 15) is 4.79 Å². The summed E-state index contributed by atoms with van der Waals surface area (Å²) in [4.78, 5) is 12.7. The van der Waals surface area contributed by atoms with Gasteiger partial charge in [0.2, 0.25) is 0 Å². The number of ether oxygens (including phenoxy) is 1. The number of benzene rings is 1. The van der Waals surface area contributed by atoms with Crippen LogP contribution >= 0.6 is 0 Å². The van der Waals surface area contributed by atoms with Crippen LogP contribution in [-0.2, 0) is 11.2 Å². The van der Waals surface area contributed by atoms with Crippen molar-refractivity contribution in [3.63, 3.8) is 0 Å². The molecule has 1 aromatic carbocycles. The molecule has 3 atom stereocenters. The summed E-state index contributed by atoms with van der Waals surface area (Å²) in [5, 5.41) is 4.41. The van der Waals surface area contributed by atoms with Crippen molar-refractivity contribution in [3.8, 4) is 0 Å². The summed E-state index contributed by atoms with van der Waals surface area (Å²) in [7, 11) is 0. The number of hydrogen-bond donors (Lipinski definition) is 0. The van der Waals surface area contributed by atoms with Gasteiger partial charge < -0.3 is 4.74 Å². The number of amides is 1.